The van der Waals surface area contributed by atoms with Crippen LogP contribution < -0.4 is 0 Å². The van der Waals surface area contributed by atoms with Crippen LogP contribution in [0.3, 0.4) is 0 Å². The first-order chi connectivity index (χ1) is 20.4. The number of rotatable bonds is 5. The maximum absolute atomic E-state index is 10.7. The molecular formula is C38H36IrNO3-. The molecule has 0 spiro atoms. The number of carbonyl (C=O) groups excluding carboxylic acids is 1. The maximum atomic E-state index is 10.7. The molecule has 0 unspecified atom stereocenters. The van der Waals surface area contributed by atoms with Gasteiger partial charge in [-0.2, -0.15) is 0 Å². The van der Waals surface area contributed by atoms with Crippen molar-refractivity contribution in [3.63, 3.8) is 0 Å². The number of phenols is 1. The van der Waals surface area contributed by atoms with Gasteiger partial charge in [-0.3, -0.25) is 4.79 Å². The fourth-order valence-corrected chi connectivity index (χ4v) is 6.22. The summed E-state index contributed by atoms with van der Waals surface area (Å²) in [7, 11) is 0. The van der Waals surface area contributed by atoms with Gasteiger partial charge in [0.25, 0.3) is 0 Å². The summed E-state index contributed by atoms with van der Waals surface area (Å²) in [6.45, 7) is 5.94. The van der Waals surface area contributed by atoms with Crippen LogP contribution in [0, 0.1) is 12.0 Å². The van der Waals surface area contributed by atoms with Crippen LogP contribution in [0.25, 0.3) is 44.0 Å². The summed E-state index contributed by atoms with van der Waals surface area (Å²) in [5, 5.41) is 13.8. The number of fused-ring (bicyclic) bond motifs is 4. The number of carbonyl (C=O) groups is 1. The molecule has 0 saturated heterocycles. The number of aromatic hydroxyl groups is 1. The maximum Gasteiger partial charge on any atom is 0.163 e. The first-order valence-corrected chi connectivity index (χ1v) is 14.9. The Bertz CT molecular complexity index is 1900. The predicted octanol–water partition coefficient (Wildman–Crippen LogP) is 10.0. The molecule has 1 fully saturated rings. The zero-order chi connectivity index (χ0) is 29.2. The van der Waals surface area contributed by atoms with Crippen LogP contribution in [0.15, 0.2) is 89.5 Å². The number of para-hydroxylation sites is 2. The standard InChI is InChI=1S/C30H28NO.C8H8O2.Ir/c1-19(2)15-20-16-26-25-9-5-6-10-28(25)32-30(26)27(17-20)29-24-12-11-22(21-7-3-4-8-21)18-23(24)13-14-31-29;1-6(9)7-4-2-3-5-8(7)10;/h5-6,9-14,16,18-19,21H,3-4,7-8,15H2,1-2H3;2-5,10H,1H3;/q-1;;. The van der Waals surface area contributed by atoms with E-state index in [-0.39, 0.29) is 31.6 Å². The van der Waals surface area contributed by atoms with Gasteiger partial charge in [0, 0.05) is 31.7 Å². The quantitative estimate of drug-likeness (QED) is 0.141. The number of pyridine rings is 1. The molecule has 221 valence electrons. The molecule has 5 heteroatoms. The van der Waals surface area contributed by atoms with Crippen molar-refractivity contribution in [2.24, 2.45) is 5.92 Å². The third-order valence-corrected chi connectivity index (χ3v) is 8.23. The third-order valence-electron chi connectivity index (χ3n) is 8.23. The summed E-state index contributed by atoms with van der Waals surface area (Å²) in [5.74, 6) is 1.20. The Balaban J connectivity index is 0.000000287. The predicted molar refractivity (Wildman–Crippen MR) is 171 cm³/mol. The minimum absolute atomic E-state index is 0. The molecule has 0 amide bonds. The minimum Gasteiger partial charge on any atom is -0.507 e. The van der Waals surface area contributed by atoms with Gasteiger partial charge in [-0.1, -0.05) is 86.2 Å². The van der Waals surface area contributed by atoms with Crippen LogP contribution in [0.4, 0.5) is 0 Å². The van der Waals surface area contributed by atoms with Gasteiger partial charge in [-0.05, 0) is 84.3 Å². The molecule has 4 aromatic carbocycles. The van der Waals surface area contributed by atoms with Crippen molar-refractivity contribution in [1.82, 2.24) is 4.98 Å². The Labute approximate surface area is 266 Å². The summed E-state index contributed by atoms with van der Waals surface area (Å²) in [6.07, 6.45) is 8.26. The smallest absolute Gasteiger partial charge is 0.163 e. The van der Waals surface area contributed by atoms with Crippen molar-refractivity contribution in [3.05, 3.63) is 108 Å². The molecule has 1 radical (unpaired) electrons. The number of phenolic OH excluding ortho intramolecular Hbond substituents is 1. The summed E-state index contributed by atoms with van der Waals surface area (Å²) < 4.78 is 6.38. The number of benzene rings is 4. The third kappa shape index (κ3) is 6.44. The number of hydrogen-bond donors (Lipinski definition) is 1. The van der Waals surface area contributed by atoms with Gasteiger partial charge >= 0.3 is 0 Å². The largest absolute Gasteiger partial charge is 0.507 e. The Morgan fingerprint density at radius 3 is 2.42 bits per heavy atom. The van der Waals surface area contributed by atoms with E-state index in [9.17, 15) is 4.79 Å². The second-order valence-corrected chi connectivity index (χ2v) is 11.8. The van der Waals surface area contributed by atoms with E-state index in [2.05, 4.69) is 62.4 Å². The van der Waals surface area contributed by atoms with Gasteiger partial charge in [0.05, 0.1) is 11.1 Å². The van der Waals surface area contributed by atoms with Crippen molar-refractivity contribution in [1.29, 1.82) is 0 Å². The van der Waals surface area contributed by atoms with Crippen LogP contribution >= 0.6 is 0 Å². The van der Waals surface area contributed by atoms with E-state index < -0.39 is 0 Å². The molecule has 1 saturated carbocycles. The topological polar surface area (TPSA) is 63.3 Å². The second kappa shape index (κ2) is 13.2. The fourth-order valence-electron chi connectivity index (χ4n) is 6.22. The van der Waals surface area contributed by atoms with E-state index >= 15 is 0 Å². The van der Waals surface area contributed by atoms with E-state index in [1.807, 2.05) is 18.3 Å². The molecule has 1 N–H and O–H groups in total. The van der Waals surface area contributed by atoms with E-state index in [1.165, 1.54) is 60.6 Å². The number of hydrogen-bond acceptors (Lipinski definition) is 4. The van der Waals surface area contributed by atoms with E-state index in [0.29, 0.717) is 17.4 Å². The first-order valence-electron chi connectivity index (χ1n) is 14.9. The van der Waals surface area contributed by atoms with E-state index in [4.69, 9.17) is 14.5 Å². The SMILES string of the molecule is CC(=O)c1ccccc1O.CC(C)Cc1[c-]c(-c2nccc3cc(C4CCCC4)ccc23)c2oc3ccccc3c2c1.[Ir]. The molecule has 4 nitrogen and oxygen atoms in total. The monoisotopic (exact) mass is 747 g/mol. The Hall–Kier alpha value is -3.79. The normalized spacial score (nSPS) is 13.3. The molecule has 6 aromatic rings. The Kier molecular flexibility index (Phi) is 9.44. The molecule has 0 aliphatic heterocycles. The van der Waals surface area contributed by atoms with Crippen molar-refractivity contribution < 1.29 is 34.4 Å². The van der Waals surface area contributed by atoms with Crippen molar-refractivity contribution in [2.45, 2.75) is 58.8 Å². The van der Waals surface area contributed by atoms with Crippen LogP contribution in [0.2, 0.25) is 0 Å². The summed E-state index contributed by atoms with van der Waals surface area (Å²) in [4.78, 5) is 15.6. The molecule has 1 aliphatic rings. The molecule has 2 heterocycles. The zero-order valence-corrected chi connectivity index (χ0v) is 27.2. The molecule has 0 bridgehead atoms. The molecule has 43 heavy (non-hydrogen) atoms. The first kappa shape index (κ1) is 30.7. The van der Waals surface area contributed by atoms with Crippen molar-refractivity contribution >= 4 is 38.5 Å². The second-order valence-electron chi connectivity index (χ2n) is 11.8. The Morgan fingerprint density at radius 1 is 0.953 bits per heavy atom. The average molecular weight is 747 g/mol. The minimum atomic E-state index is -0.113. The van der Waals surface area contributed by atoms with Gasteiger partial charge < -0.3 is 14.5 Å². The van der Waals surface area contributed by atoms with Crippen LogP contribution in [-0.2, 0) is 26.5 Å². The molecule has 7 rings (SSSR count). The number of ketones is 1. The van der Waals surface area contributed by atoms with Crippen molar-refractivity contribution in [2.75, 3.05) is 0 Å². The number of furan rings is 1. The van der Waals surface area contributed by atoms with Gasteiger partial charge in [0.2, 0.25) is 0 Å². The fraction of sp³-hybridized carbons (Fsp3) is 0.263. The summed E-state index contributed by atoms with van der Waals surface area (Å²) in [6, 6.07) is 29.9. The van der Waals surface area contributed by atoms with Gasteiger partial charge in [-0.25, -0.2) is 0 Å². The van der Waals surface area contributed by atoms with Gasteiger partial charge in [0.1, 0.15) is 11.3 Å². The van der Waals surface area contributed by atoms with Crippen LogP contribution in [0.5, 0.6) is 5.75 Å². The van der Waals surface area contributed by atoms with Crippen molar-refractivity contribution in [3.8, 4) is 17.0 Å². The van der Waals surface area contributed by atoms with Gasteiger partial charge in [0.15, 0.2) is 5.78 Å². The van der Waals surface area contributed by atoms with E-state index in [0.717, 1.165) is 39.6 Å². The molecular weight excluding hydrogens is 711 g/mol. The molecule has 2 aromatic heterocycles. The van der Waals surface area contributed by atoms with Gasteiger partial charge in [-0.15, -0.1) is 17.7 Å². The zero-order valence-electron chi connectivity index (χ0n) is 24.8. The average Bonchev–Trinajstić information content (AvgIpc) is 3.65. The molecule has 0 atom stereocenters. The number of nitrogens with zero attached hydrogens (tertiary/aromatic N) is 1. The number of aromatic nitrogens is 1. The van der Waals surface area contributed by atoms with Crippen LogP contribution in [-0.4, -0.2) is 15.9 Å². The number of Topliss-reactive ketones (excluding diaryl/α,β-unsaturated/α-hetero) is 1. The summed E-state index contributed by atoms with van der Waals surface area (Å²) in [5.41, 5.74) is 6.82. The Morgan fingerprint density at radius 2 is 1.70 bits per heavy atom. The van der Waals surface area contributed by atoms with E-state index in [1.54, 1.807) is 18.2 Å². The molecule has 1 aliphatic carbocycles. The summed E-state index contributed by atoms with van der Waals surface area (Å²) >= 11 is 0. The van der Waals surface area contributed by atoms with Crippen LogP contribution in [0.1, 0.15) is 73.9 Å².